The fraction of sp³-hybridized carbons (Fsp3) is 0.200. The molecule has 0 bridgehead atoms. The van der Waals surface area contributed by atoms with E-state index in [1.54, 1.807) is 30.8 Å². The third-order valence-corrected chi connectivity index (χ3v) is 5.55. The summed E-state index contributed by atoms with van der Waals surface area (Å²) in [4.78, 5) is 23.3. The Bertz CT molecular complexity index is 1360. The molecular formula is C20H17Cl2N7O4. The van der Waals surface area contributed by atoms with Gasteiger partial charge in [-0.3, -0.25) is 9.48 Å². The molecule has 0 radical (unpaired) electrons. The van der Waals surface area contributed by atoms with Crippen molar-refractivity contribution in [1.82, 2.24) is 24.7 Å². The van der Waals surface area contributed by atoms with Crippen LogP contribution in [0.1, 0.15) is 33.1 Å². The van der Waals surface area contributed by atoms with Gasteiger partial charge in [-0.05, 0) is 30.4 Å². The van der Waals surface area contributed by atoms with Gasteiger partial charge in [-0.15, -0.1) is 0 Å². The van der Waals surface area contributed by atoms with E-state index in [-0.39, 0.29) is 28.9 Å². The summed E-state index contributed by atoms with van der Waals surface area (Å²) in [5.41, 5.74) is 1.83. The average molecular weight is 490 g/mol. The molecule has 1 N–H and O–H groups in total. The Balaban J connectivity index is 1.54. The zero-order chi connectivity index (χ0) is 23.7. The third kappa shape index (κ3) is 4.73. The van der Waals surface area contributed by atoms with Crippen molar-refractivity contribution >= 4 is 40.7 Å². The zero-order valence-electron chi connectivity index (χ0n) is 17.5. The predicted molar refractivity (Wildman–Crippen MR) is 120 cm³/mol. The second-order valence-electron chi connectivity index (χ2n) is 7.19. The number of nitrogens with one attached hydrogen (secondary N) is 1. The molecule has 0 aliphatic carbocycles. The molecular weight excluding hydrogens is 473 g/mol. The highest BCUT2D eigenvalue weighted by Gasteiger charge is 2.25. The molecule has 33 heavy (non-hydrogen) atoms. The quantitative estimate of drug-likeness (QED) is 0.302. The lowest BCUT2D eigenvalue weighted by Crippen LogP contribution is -2.17. The van der Waals surface area contributed by atoms with E-state index in [0.29, 0.717) is 28.6 Å². The fourth-order valence-electron chi connectivity index (χ4n) is 3.18. The molecule has 1 aromatic carbocycles. The van der Waals surface area contributed by atoms with E-state index in [2.05, 4.69) is 20.7 Å². The molecule has 170 valence electrons. The van der Waals surface area contributed by atoms with Gasteiger partial charge in [-0.2, -0.15) is 9.78 Å². The predicted octanol–water partition coefficient (Wildman–Crippen LogP) is 4.25. The number of anilines is 1. The van der Waals surface area contributed by atoms with Crippen LogP contribution in [0.2, 0.25) is 10.0 Å². The van der Waals surface area contributed by atoms with Gasteiger partial charge in [0.1, 0.15) is 10.8 Å². The van der Waals surface area contributed by atoms with Crippen LogP contribution in [0.3, 0.4) is 0 Å². The number of hydrogen-bond acceptors (Lipinski definition) is 7. The topological polar surface area (TPSA) is 134 Å². The maximum absolute atomic E-state index is 12.9. The first-order valence-corrected chi connectivity index (χ1v) is 10.4. The first-order valence-electron chi connectivity index (χ1n) is 9.64. The Morgan fingerprint density at radius 2 is 1.94 bits per heavy atom. The maximum Gasteiger partial charge on any atom is 0.390 e. The molecule has 0 saturated carbocycles. The van der Waals surface area contributed by atoms with Crippen molar-refractivity contribution in [3.05, 3.63) is 85.0 Å². The van der Waals surface area contributed by atoms with Gasteiger partial charge in [0.25, 0.3) is 5.91 Å². The number of aryl methyl sites for hydroxylation is 2. The molecule has 4 rings (SSSR count). The van der Waals surface area contributed by atoms with Gasteiger partial charge < -0.3 is 20.0 Å². The SMILES string of the molecule is Cc1onc(C(=O)Nc2nn(Cc3ccccc3Cl)cc2Cl)c1Cn1nc([N+](=O)[O-])cc1C. The van der Waals surface area contributed by atoms with Gasteiger partial charge in [-0.1, -0.05) is 46.6 Å². The molecule has 3 heterocycles. The van der Waals surface area contributed by atoms with Gasteiger partial charge in [0.05, 0.1) is 35.5 Å². The van der Waals surface area contributed by atoms with Crippen molar-refractivity contribution in [2.24, 2.45) is 0 Å². The van der Waals surface area contributed by atoms with E-state index >= 15 is 0 Å². The summed E-state index contributed by atoms with van der Waals surface area (Å²) in [7, 11) is 0. The third-order valence-electron chi connectivity index (χ3n) is 4.90. The highest BCUT2D eigenvalue weighted by Crippen LogP contribution is 2.24. The van der Waals surface area contributed by atoms with Crippen LogP contribution in [0.5, 0.6) is 0 Å². The van der Waals surface area contributed by atoms with Crippen LogP contribution < -0.4 is 5.32 Å². The number of benzene rings is 1. The number of carbonyl (C=O) groups is 1. The number of nitrogens with zero attached hydrogens (tertiary/aromatic N) is 6. The molecule has 13 heteroatoms. The number of carbonyl (C=O) groups excluding carboxylic acids is 1. The minimum Gasteiger partial charge on any atom is -0.361 e. The summed E-state index contributed by atoms with van der Waals surface area (Å²) in [6.07, 6.45) is 1.57. The smallest absolute Gasteiger partial charge is 0.361 e. The van der Waals surface area contributed by atoms with E-state index in [1.165, 1.54) is 10.7 Å². The van der Waals surface area contributed by atoms with Crippen molar-refractivity contribution in [1.29, 1.82) is 0 Å². The van der Waals surface area contributed by atoms with Crippen molar-refractivity contribution in [3.8, 4) is 0 Å². The normalized spacial score (nSPS) is 11.0. The van der Waals surface area contributed by atoms with Crippen LogP contribution in [0.15, 0.2) is 41.1 Å². The van der Waals surface area contributed by atoms with Crippen LogP contribution in [-0.4, -0.2) is 35.5 Å². The molecule has 0 unspecified atom stereocenters. The summed E-state index contributed by atoms with van der Waals surface area (Å²) in [5.74, 6) is -0.353. The molecule has 4 aromatic rings. The van der Waals surface area contributed by atoms with Crippen molar-refractivity contribution in [2.45, 2.75) is 26.9 Å². The molecule has 0 saturated heterocycles. The lowest BCUT2D eigenvalue weighted by molar-refractivity contribution is -0.389. The van der Waals surface area contributed by atoms with Crippen LogP contribution in [0.25, 0.3) is 0 Å². The molecule has 0 spiro atoms. The Morgan fingerprint density at radius 1 is 1.18 bits per heavy atom. The molecule has 1 amide bonds. The molecule has 0 aliphatic heterocycles. The first-order chi connectivity index (χ1) is 15.7. The molecule has 0 aliphatic rings. The lowest BCUT2D eigenvalue weighted by Gasteiger charge is -2.05. The van der Waals surface area contributed by atoms with Gasteiger partial charge in [0.15, 0.2) is 11.5 Å². The summed E-state index contributed by atoms with van der Waals surface area (Å²) in [5, 5.41) is 26.5. The maximum atomic E-state index is 12.9. The van der Waals surface area contributed by atoms with Crippen LogP contribution in [0, 0.1) is 24.0 Å². The summed E-state index contributed by atoms with van der Waals surface area (Å²) in [6, 6.07) is 8.67. The van der Waals surface area contributed by atoms with Gasteiger partial charge in [0.2, 0.25) is 0 Å². The van der Waals surface area contributed by atoms with E-state index in [0.717, 1.165) is 5.56 Å². The van der Waals surface area contributed by atoms with Gasteiger partial charge in [-0.25, -0.2) is 0 Å². The number of hydrogen-bond donors (Lipinski definition) is 1. The van der Waals surface area contributed by atoms with E-state index in [1.807, 2.05) is 18.2 Å². The minimum absolute atomic E-state index is 0.00164. The van der Waals surface area contributed by atoms with E-state index < -0.39 is 10.8 Å². The van der Waals surface area contributed by atoms with Gasteiger partial charge in [0, 0.05) is 11.2 Å². The van der Waals surface area contributed by atoms with Gasteiger partial charge >= 0.3 is 5.82 Å². The Kier molecular flexibility index (Phi) is 6.16. The second kappa shape index (κ2) is 9.04. The lowest BCUT2D eigenvalue weighted by atomic mass is 10.2. The summed E-state index contributed by atoms with van der Waals surface area (Å²) >= 11 is 12.5. The average Bonchev–Trinajstić information content (AvgIpc) is 3.42. The second-order valence-corrected chi connectivity index (χ2v) is 8.01. The van der Waals surface area contributed by atoms with Crippen molar-refractivity contribution < 1.29 is 14.2 Å². The largest absolute Gasteiger partial charge is 0.390 e. The van der Waals surface area contributed by atoms with Crippen LogP contribution in [0.4, 0.5) is 11.6 Å². The number of amides is 1. The van der Waals surface area contributed by atoms with E-state index in [4.69, 9.17) is 27.7 Å². The molecule has 3 aromatic heterocycles. The summed E-state index contributed by atoms with van der Waals surface area (Å²) < 4.78 is 8.15. The Labute approximate surface area is 197 Å². The monoisotopic (exact) mass is 489 g/mol. The standard InChI is InChI=1S/C20H17Cl2N7O4/c1-11-7-17(29(31)32)24-28(11)9-14-12(2)33-26-18(14)20(30)23-19-16(22)10-27(25-19)8-13-5-3-4-6-15(13)21/h3-7,10H,8-9H2,1-2H3,(H,23,25,30). The van der Waals surface area contributed by atoms with E-state index in [9.17, 15) is 14.9 Å². The van der Waals surface area contributed by atoms with Crippen LogP contribution >= 0.6 is 23.2 Å². The van der Waals surface area contributed by atoms with Crippen molar-refractivity contribution in [3.63, 3.8) is 0 Å². The number of halogens is 2. The minimum atomic E-state index is -0.592. The summed E-state index contributed by atoms with van der Waals surface area (Å²) in [6.45, 7) is 3.74. The molecule has 0 atom stereocenters. The first kappa shape index (κ1) is 22.5. The Morgan fingerprint density at radius 3 is 2.64 bits per heavy atom. The van der Waals surface area contributed by atoms with Crippen LogP contribution in [-0.2, 0) is 13.1 Å². The highest BCUT2D eigenvalue weighted by atomic mass is 35.5. The van der Waals surface area contributed by atoms with Crippen molar-refractivity contribution in [2.75, 3.05) is 5.32 Å². The Hall–Kier alpha value is -3.70. The number of rotatable bonds is 7. The molecule has 0 fully saturated rings. The number of aromatic nitrogens is 5. The molecule has 11 nitrogen and oxygen atoms in total. The number of nitro groups is 1. The fourth-order valence-corrected chi connectivity index (χ4v) is 3.57. The highest BCUT2D eigenvalue weighted by molar-refractivity contribution is 6.33. The zero-order valence-corrected chi connectivity index (χ0v) is 19.0.